The summed E-state index contributed by atoms with van der Waals surface area (Å²) in [4.78, 5) is 22.1. The molecule has 0 unspecified atom stereocenters. The summed E-state index contributed by atoms with van der Waals surface area (Å²) in [5.41, 5.74) is 1.07. The first kappa shape index (κ1) is 14.6. The number of carbonyl (C=O) groups is 1. The summed E-state index contributed by atoms with van der Waals surface area (Å²) in [6.07, 6.45) is 0.766. The van der Waals surface area contributed by atoms with Crippen molar-refractivity contribution in [1.82, 2.24) is 0 Å². The van der Waals surface area contributed by atoms with E-state index in [-0.39, 0.29) is 5.69 Å². The van der Waals surface area contributed by atoms with Crippen molar-refractivity contribution >= 4 is 35.3 Å². The van der Waals surface area contributed by atoms with Crippen molar-refractivity contribution in [3.63, 3.8) is 0 Å². The fourth-order valence-corrected chi connectivity index (χ4v) is 3.02. The van der Waals surface area contributed by atoms with Crippen LogP contribution in [0.4, 0.5) is 5.69 Å². The molecule has 0 amide bonds. The molecule has 2 aromatic rings. The van der Waals surface area contributed by atoms with E-state index in [0.717, 1.165) is 11.2 Å². The predicted molar refractivity (Wildman–Crippen MR) is 79.5 cm³/mol. The van der Waals surface area contributed by atoms with Crippen LogP contribution in [-0.4, -0.2) is 11.2 Å². The third-order valence-corrected chi connectivity index (χ3v) is 4.04. The highest BCUT2D eigenvalue weighted by Crippen LogP contribution is 2.32. The molecule has 0 spiro atoms. The lowest BCUT2D eigenvalue weighted by atomic mass is 10.2. The molecule has 0 aliphatic heterocycles. The number of carbonyl (C=O) groups excluding carboxylic acids is 1. The second-order valence-corrected chi connectivity index (χ2v) is 5.43. The first-order valence-electron chi connectivity index (χ1n) is 5.71. The average Bonchev–Trinajstić information content (AvgIpc) is 2.45. The molecular formula is C14H10ClNO3S. The van der Waals surface area contributed by atoms with E-state index in [2.05, 4.69) is 0 Å². The normalized spacial score (nSPS) is 10.2. The van der Waals surface area contributed by atoms with Gasteiger partial charge in [-0.05, 0) is 18.2 Å². The van der Waals surface area contributed by atoms with Gasteiger partial charge in [0.15, 0.2) is 0 Å². The molecule has 0 N–H and O–H groups in total. The smallest absolute Gasteiger partial charge is 0.274 e. The van der Waals surface area contributed by atoms with Crippen LogP contribution < -0.4 is 0 Å². The van der Waals surface area contributed by atoms with Gasteiger partial charge in [-0.2, -0.15) is 0 Å². The van der Waals surface area contributed by atoms with Crippen molar-refractivity contribution in [2.75, 3.05) is 0 Å². The standard InChI is InChI=1S/C14H10ClNO3S/c15-13-5-2-6-14(16(18)19)12(13)9-20-11-4-1-3-10(7-11)8-17/h1-8H,9H2. The summed E-state index contributed by atoms with van der Waals surface area (Å²) in [5.74, 6) is 0.373. The lowest BCUT2D eigenvalue weighted by molar-refractivity contribution is -0.385. The molecule has 2 aromatic carbocycles. The highest BCUT2D eigenvalue weighted by Gasteiger charge is 2.16. The zero-order chi connectivity index (χ0) is 14.5. The number of nitro benzene ring substituents is 1. The second-order valence-electron chi connectivity index (χ2n) is 3.97. The largest absolute Gasteiger partial charge is 0.298 e. The lowest BCUT2D eigenvalue weighted by Gasteiger charge is -2.05. The zero-order valence-corrected chi connectivity index (χ0v) is 11.9. The molecule has 0 atom stereocenters. The van der Waals surface area contributed by atoms with E-state index in [1.54, 1.807) is 30.3 Å². The topological polar surface area (TPSA) is 60.2 Å². The fourth-order valence-electron chi connectivity index (χ4n) is 1.69. The molecule has 0 aliphatic rings. The van der Waals surface area contributed by atoms with Crippen molar-refractivity contribution in [2.45, 2.75) is 10.6 Å². The van der Waals surface area contributed by atoms with E-state index < -0.39 is 4.92 Å². The van der Waals surface area contributed by atoms with Crippen molar-refractivity contribution in [2.24, 2.45) is 0 Å². The minimum absolute atomic E-state index is 0.0107. The average molecular weight is 308 g/mol. The third kappa shape index (κ3) is 3.37. The van der Waals surface area contributed by atoms with Crippen LogP contribution in [0, 0.1) is 10.1 Å². The van der Waals surface area contributed by atoms with Crippen molar-refractivity contribution < 1.29 is 9.72 Å². The minimum Gasteiger partial charge on any atom is -0.298 e. The molecule has 0 aromatic heterocycles. The molecular weight excluding hydrogens is 298 g/mol. The summed E-state index contributed by atoms with van der Waals surface area (Å²) in [6.45, 7) is 0. The van der Waals surface area contributed by atoms with Gasteiger partial charge < -0.3 is 0 Å². The van der Waals surface area contributed by atoms with Crippen molar-refractivity contribution in [3.05, 3.63) is 68.7 Å². The van der Waals surface area contributed by atoms with Gasteiger partial charge in [0.1, 0.15) is 6.29 Å². The number of hydrogen-bond donors (Lipinski definition) is 0. The number of nitrogens with zero attached hydrogens (tertiary/aromatic N) is 1. The van der Waals surface area contributed by atoms with Crippen LogP contribution in [-0.2, 0) is 5.75 Å². The second kappa shape index (κ2) is 6.54. The SMILES string of the molecule is O=Cc1cccc(SCc2c(Cl)cccc2[N+](=O)[O-])c1. The summed E-state index contributed by atoms with van der Waals surface area (Å²) < 4.78 is 0. The Morgan fingerprint density at radius 1 is 1.25 bits per heavy atom. The zero-order valence-electron chi connectivity index (χ0n) is 10.3. The van der Waals surface area contributed by atoms with E-state index in [0.29, 0.717) is 21.9 Å². The molecule has 0 aliphatic carbocycles. The quantitative estimate of drug-likeness (QED) is 0.356. The first-order valence-corrected chi connectivity index (χ1v) is 7.08. The van der Waals surface area contributed by atoms with Gasteiger partial charge in [-0.15, -0.1) is 11.8 Å². The highest BCUT2D eigenvalue weighted by molar-refractivity contribution is 7.98. The number of nitro groups is 1. The Morgan fingerprint density at radius 2 is 2.00 bits per heavy atom. The van der Waals surface area contributed by atoms with Gasteiger partial charge in [0.05, 0.1) is 15.5 Å². The van der Waals surface area contributed by atoms with Gasteiger partial charge in [0.2, 0.25) is 0 Å². The van der Waals surface area contributed by atoms with Gasteiger partial charge in [-0.25, -0.2) is 0 Å². The van der Waals surface area contributed by atoms with Crippen LogP contribution in [0.15, 0.2) is 47.4 Å². The van der Waals surface area contributed by atoms with Crippen molar-refractivity contribution in [1.29, 1.82) is 0 Å². The van der Waals surface area contributed by atoms with E-state index >= 15 is 0 Å². The highest BCUT2D eigenvalue weighted by atomic mass is 35.5. The molecule has 0 bridgehead atoms. The van der Waals surface area contributed by atoms with Crippen LogP contribution >= 0.6 is 23.4 Å². The van der Waals surface area contributed by atoms with E-state index in [1.807, 2.05) is 6.07 Å². The number of halogens is 1. The van der Waals surface area contributed by atoms with Gasteiger partial charge in [-0.3, -0.25) is 14.9 Å². The molecule has 4 nitrogen and oxygen atoms in total. The fraction of sp³-hybridized carbons (Fsp3) is 0.0714. The maximum Gasteiger partial charge on any atom is 0.274 e. The Labute approximate surface area is 124 Å². The monoisotopic (exact) mass is 307 g/mol. The first-order chi connectivity index (χ1) is 9.61. The number of hydrogen-bond acceptors (Lipinski definition) is 4. The van der Waals surface area contributed by atoms with Crippen LogP contribution in [0.5, 0.6) is 0 Å². The number of benzene rings is 2. The predicted octanol–water partition coefficient (Wildman–Crippen LogP) is 4.35. The third-order valence-electron chi connectivity index (χ3n) is 2.67. The number of aldehydes is 1. The van der Waals surface area contributed by atoms with Crippen LogP contribution in [0.2, 0.25) is 5.02 Å². The Bertz CT molecular complexity index is 661. The molecule has 102 valence electrons. The van der Waals surface area contributed by atoms with E-state index in [9.17, 15) is 14.9 Å². The van der Waals surface area contributed by atoms with E-state index in [4.69, 9.17) is 11.6 Å². The lowest BCUT2D eigenvalue weighted by Crippen LogP contribution is -1.95. The summed E-state index contributed by atoms with van der Waals surface area (Å²) in [5, 5.41) is 11.4. The number of thioether (sulfide) groups is 1. The van der Waals surface area contributed by atoms with Crippen LogP contribution in [0.3, 0.4) is 0 Å². The molecule has 0 fully saturated rings. The summed E-state index contributed by atoms with van der Waals surface area (Å²) in [7, 11) is 0. The molecule has 6 heteroatoms. The molecule has 2 rings (SSSR count). The van der Waals surface area contributed by atoms with Crippen molar-refractivity contribution in [3.8, 4) is 0 Å². The Balaban J connectivity index is 2.22. The van der Waals surface area contributed by atoms with Crippen LogP contribution in [0.25, 0.3) is 0 Å². The minimum atomic E-state index is -0.441. The molecule has 0 heterocycles. The number of rotatable bonds is 5. The Morgan fingerprint density at radius 3 is 2.70 bits per heavy atom. The molecule has 0 radical (unpaired) electrons. The van der Waals surface area contributed by atoms with Gasteiger partial charge in [-0.1, -0.05) is 29.8 Å². The maximum atomic E-state index is 11.0. The summed E-state index contributed by atoms with van der Waals surface area (Å²) >= 11 is 7.43. The molecule has 0 saturated carbocycles. The van der Waals surface area contributed by atoms with E-state index in [1.165, 1.54) is 17.8 Å². The Kier molecular flexibility index (Phi) is 4.76. The molecule has 0 saturated heterocycles. The molecule has 20 heavy (non-hydrogen) atoms. The Hall–Kier alpha value is -1.85. The summed E-state index contributed by atoms with van der Waals surface area (Å²) in [6, 6.07) is 11.7. The van der Waals surface area contributed by atoms with Gasteiger partial charge >= 0.3 is 0 Å². The van der Waals surface area contributed by atoms with Gasteiger partial charge in [0, 0.05) is 22.3 Å². The maximum absolute atomic E-state index is 11.0. The van der Waals surface area contributed by atoms with Crippen LogP contribution in [0.1, 0.15) is 15.9 Å². The van der Waals surface area contributed by atoms with Gasteiger partial charge in [0.25, 0.3) is 5.69 Å².